The van der Waals surface area contributed by atoms with E-state index in [4.69, 9.17) is 0 Å². The van der Waals surface area contributed by atoms with E-state index < -0.39 is 0 Å². The van der Waals surface area contributed by atoms with Crippen LogP contribution in [0.2, 0.25) is 0 Å². The second-order valence-electron chi connectivity index (χ2n) is 3.50. The Balaban J connectivity index is 2.24. The van der Waals surface area contributed by atoms with Gasteiger partial charge in [-0.25, -0.2) is 0 Å². The molecule has 0 aliphatic rings. The molecule has 0 fully saturated rings. The van der Waals surface area contributed by atoms with Crippen LogP contribution in [0, 0.1) is 0 Å². The van der Waals surface area contributed by atoms with Gasteiger partial charge in [0.15, 0.2) is 0 Å². The summed E-state index contributed by atoms with van der Waals surface area (Å²) in [5.41, 5.74) is 3.69. The second-order valence-corrected chi connectivity index (χ2v) is 3.50. The maximum absolute atomic E-state index is 3.42. The lowest BCUT2D eigenvalue weighted by atomic mass is 10.1. The number of anilines is 2. The van der Waals surface area contributed by atoms with Crippen molar-refractivity contribution in [3.8, 4) is 0 Å². The predicted molar refractivity (Wildman–Crippen MR) is 65.5 cm³/mol. The van der Waals surface area contributed by atoms with Crippen molar-refractivity contribution in [1.82, 2.24) is 0 Å². The fourth-order valence-electron chi connectivity index (χ4n) is 1.63. The SMILES string of the molecule is CCc1ccccc1Nc1ccccc1. The van der Waals surface area contributed by atoms with E-state index in [1.807, 2.05) is 18.2 Å². The summed E-state index contributed by atoms with van der Waals surface area (Å²) in [4.78, 5) is 0. The number of aryl methyl sites for hydroxylation is 1. The van der Waals surface area contributed by atoms with E-state index in [1.165, 1.54) is 11.3 Å². The van der Waals surface area contributed by atoms with Crippen LogP contribution in [0.15, 0.2) is 54.6 Å². The van der Waals surface area contributed by atoms with Crippen LogP contribution in [0.25, 0.3) is 0 Å². The molecule has 2 rings (SSSR count). The molecule has 0 radical (unpaired) electrons. The Hall–Kier alpha value is -1.76. The van der Waals surface area contributed by atoms with Crippen molar-refractivity contribution >= 4 is 11.4 Å². The van der Waals surface area contributed by atoms with Crippen molar-refractivity contribution in [1.29, 1.82) is 0 Å². The molecule has 0 unspecified atom stereocenters. The zero-order valence-electron chi connectivity index (χ0n) is 8.90. The van der Waals surface area contributed by atoms with E-state index in [0.717, 1.165) is 12.1 Å². The van der Waals surface area contributed by atoms with Gasteiger partial charge in [0.25, 0.3) is 0 Å². The Morgan fingerprint density at radius 3 is 2.27 bits per heavy atom. The van der Waals surface area contributed by atoms with Gasteiger partial charge in [-0.2, -0.15) is 0 Å². The Kier molecular flexibility index (Phi) is 3.03. The molecule has 2 aromatic carbocycles. The summed E-state index contributed by atoms with van der Waals surface area (Å²) < 4.78 is 0. The number of para-hydroxylation sites is 2. The van der Waals surface area contributed by atoms with Gasteiger partial charge in [-0.05, 0) is 30.2 Å². The molecule has 15 heavy (non-hydrogen) atoms. The van der Waals surface area contributed by atoms with Crippen LogP contribution in [0.5, 0.6) is 0 Å². The third kappa shape index (κ3) is 2.38. The number of hydrogen-bond acceptors (Lipinski definition) is 1. The molecule has 0 bridgehead atoms. The Labute approximate surface area is 90.8 Å². The second kappa shape index (κ2) is 4.65. The van der Waals surface area contributed by atoms with Gasteiger partial charge in [0, 0.05) is 11.4 Å². The molecule has 0 amide bonds. The molecule has 2 aromatic rings. The molecule has 1 N–H and O–H groups in total. The van der Waals surface area contributed by atoms with Gasteiger partial charge in [-0.3, -0.25) is 0 Å². The van der Waals surface area contributed by atoms with Gasteiger partial charge in [0.05, 0.1) is 0 Å². The minimum absolute atomic E-state index is 1.05. The largest absolute Gasteiger partial charge is 0.355 e. The lowest BCUT2D eigenvalue weighted by Gasteiger charge is -2.10. The Bertz CT molecular complexity index is 420. The van der Waals surface area contributed by atoms with Gasteiger partial charge in [-0.1, -0.05) is 43.3 Å². The number of rotatable bonds is 3. The summed E-state index contributed by atoms with van der Waals surface area (Å²) in [6.45, 7) is 2.17. The minimum atomic E-state index is 1.05. The topological polar surface area (TPSA) is 12.0 Å². The van der Waals surface area contributed by atoms with Crippen LogP contribution in [-0.4, -0.2) is 0 Å². The molecular formula is C14H15N. The average molecular weight is 197 g/mol. The zero-order chi connectivity index (χ0) is 10.5. The third-order valence-electron chi connectivity index (χ3n) is 2.45. The van der Waals surface area contributed by atoms with E-state index in [0.29, 0.717) is 0 Å². The van der Waals surface area contributed by atoms with E-state index in [1.54, 1.807) is 0 Å². The molecule has 0 heterocycles. The van der Waals surface area contributed by atoms with E-state index >= 15 is 0 Å². The Morgan fingerprint density at radius 1 is 0.867 bits per heavy atom. The van der Waals surface area contributed by atoms with Gasteiger partial charge in [0.1, 0.15) is 0 Å². The lowest BCUT2D eigenvalue weighted by molar-refractivity contribution is 1.14. The molecule has 0 aliphatic carbocycles. The van der Waals surface area contributed by atoms with Crippen molar-refractivity contribution in [2.24, 2.45) is 0 Å². The van der Waals surface area contributed by atoms with Gasteiger partial charge in [0.2, 0.25) is 0 Å². The molecule has 0 aromatic heterocycles. The number of nitrogens with one attached hydrogen (secondary N) is 1. The van der Waals surface area contributed by atoms with Crippen molar-refractivity contribution < 1.29 is 0 Å². The van der Waals surface area contributed by atoms with Gasteiger partial charge < -0.3 is 5.32 Å². The van der Waals surface area contributed by atoms with Crippen LogP contribution in [-0.2, 0) is 6.42 Å². The van der Waals surface area contributed by atoms with Crippen LogP contribution in [0.1, 0.15) is 12.5 Å². The monoisotopic (exact) mass is 197 g/mol. The average Bonchev–Trinajstić information content (AvgIpc) is 2.31. The minimum Gasteiger partial charge on any atom is -0.355 e. The highest BCUT2D eigenvalue weighted by Crippen LogP contribution is 2.20. The summed E-state index contributed by atoms with van der Waals surface area (Å²) >= 11 is 0. The smallest absolute Gasteiger partial charge is 0.0416 e. The van der Waals surface area contributed by atoms with Crippen molar-refractivity contribution in [3.63, 3.8) is 0 Å². The van der Waals surface area contributed by atoms with E-state index in [-0.39, 0.29) is 0 Å². The lowest BCUT2D eigenvalue weighted by Crippen LogP contribution is -1.94. The fourth-order valence-corrected chi connectivity index (χ4v) is 1.63. The quantitative estimate of drug-likeness (QED) is 0.784. The van der Waals surface area contributed by atoms with Crippen molar-refractivity contribution in [2.45, 2.75) is 13.3 Å². The predicted octanol–water partition coefficient (Wildman–Crippen LogP) is 3.99. The van der Waals surface area contributed by atoms with Crippen molar-refractivity contribution in [3.05, 3.63) is 60.2 Å². The first-order valence-corrected chi connectivity index (χ1v) is 5.30. The highest BCUT2D eigenvalue weighted by Gasteiger charge is 1.98. The maximum atomic E-state index is 3.42. The summed E-state index contributed by atoms with van der Waals surface area (Å²) in [6.07, 6.45) is 1.05. The third-order valence-corrected chi connectivity index (χ3v) is 2.45. The summed E-state index contributed by atoms with van der Waals surface area (Å²) in [6, 6.07) is 18.7. The summed E-state index contributed by atoms with van der Waals surface area (Å²) in [5.74, 6) is 0. The van der Waals surface area contributed by atoms with Crippen LogP contribution in [0.3, 0.4) is 0 Å². The fraction of sp³-hybridized carbons (Fsp3) is 0.143. The van der Waals surface area contributed by atoms with Gasteiger partial charge >= 0.3 is 0 Å². The molecule has 1 heteroatoms. The first-order valence-electron chi connectivity index (χ1n) is 5.30. The molecule has 0 spiro atoms. The Morgan fingerprint density at radius 2 is 1.53 bits per heavy atom. The molecular weight excluding hydrogens is 182 g/mol. The number of hydrogen-bond donors (Lipinski definition) is 1. The molecule has 0 aliphatic heterocycles. The van der Waals surface area contributed by atoms with Crippen LogP contribution < -0.4 is 5.32 Å². The molecule has 76 valence electrons. The number of benzene rings is 2. The van der Waals surface area contributed by atoms with Gasteiger partial charge in [-0.15, -0.1) is 0 Å². The summed E-state index contributed by atoms with van der Waals surface area (Å²) in [7, 11) is 0. The van der Waals surface area contributed by atoms with Crippen LogP contribution >= 0.6 is 0 Å². The maximum Gasteiger partial charge on any atom is 0.0416 e. The molecule has 0 atom stereocenters. The van der Waals surface area contributed by atoms with Crippen LogP contribution in [0.4, 0.5) is 11.4 Å². The summed E-state index contributed by atoms with van der Waals surface area (Å²) in [5, 5.41) is 3.42. The standard InChI is InChI=1S/C14H15N/c1-2-12-8-6-7-11-14(12)15-13-9-4-3-5-10-13/h3-11,15H,2H2,1H3. The normalized spacial score (nSPS) is 9.93. The van der Waals surface area contributed by atoms with E-state index in [9.17, 15) is 0 Å². The molecule has 0 saturated heterocycles. The highest BCUT2D eigenvalue weighted by atomic mass is 14.9. The van der Waals surface area contributed by atoms with Crippen molar-refractivity contribution in [2.75, 3.05) is 5.32 Å². The molecule has 1 nitrogen and oxygen atoms in total. The zero-order valence-corrected chi connectivity index (χ0v) is 8.90. The van der Waals surface area contributed by atoms with E-state index in [2.05, 4.69) is 48.6 Å². The first-order chi connectivity index (χ1) is 7.40. The highest BCUT2D eigenvalue weighted by molar-refractivity contribution is 5.62. The molecule has 0 saturated carbocycles. The first kappa shape index (κ1) is 9.78.